The molecule has 1 aliphatic heterocycles. The number of likely N-dealkylation sites (N-methyl/N-ethyl adjacent to an activating group) is 1. The van der Waals surface area contributed by atoms with Crippen LogP contribution in [0, 0.1) is 6.92 Å². The summed E-state index contributed by atoms with van der Waals surface area (Å²) in [5.74, 6) is 0.826. The van der Waals surface area contributed by atoms with Gasteiger partial charge in [0.1, 0.15) is 0 Å². The van der Waals surface area contributed by atoms with Gasteiger partial charge in [-0.1, -0.05) is 0 Å². The second-order valence-corrected chi connectivity index (χ2v) is 5.08. The lowest BCUT2D eigenvalue weighted by Gasteiger charge is -2.30. The molecule has 1 aliphatic rings. The number of hydrogen-bond acceptors (Lipinski definition) is 5. The Hall–Kier alpha value is -1.11. The Balaban J connectivity index is 1.85. The van der Waals surface area contributed by atoms with Gasteiger partial charge in [-0.25, -0.2) is 4.68 Å². The van der Waals surface area contributed by atoms with Crippen LogP contribution in [0.15, 0.2) is 0 Å². The van der Waals surface area contributed by atoms with E-state index in [9.17, 15) is 0 Å². The van der Waals surface area contributed by atoms with Crippen LogP contribution in [-0.2, 0) is 18.3 Å². The fourth-order valence-electron chi connectivity index (χ4n) is 2.49. The number of ether oxygens (including phenoxy) is 2. The van der Waals surface area contributed by atoms with Crippen LogP contribution in [0.4, 0.5) is 0 Å². The summed E-state index contributed by atoms with van der Waals surface area (Å²) < 4.78 is 12.9. The van der Waals surface area contributed by atoms with Gasteiger partial charge in [-0.05, 0) is 14.0 Å². The molecule has 1 aromatic heterocycles. The Kier molecular flexibility index (Phi) is 4.79. The van der Waals surface area contributed by atoms with Gasteiger partial charge in [-0.3, -0.25) is 0 Å². The van der Waals surface area contributed by atoms with E-state index in [1.165, 1.54) is 0 Å². The van der Waals surface area contributed by atoms with Crippen LogP contribution in [0.5, 0.6) is 5.88 Å². The smallest absolute Gasteiger partial charge is 0.216 e. The molecule has 0 radical (unpaired) electrons. The molecule has 1 saturated heterocycles. The third-order valence-electron chi connectivity index (χ3n) is 3.50. The predicted molar refractivity (Wildman–Crippen MR) is 73.4 cm³/mol. The van der Waals surface area contributed by atoms with E-state index >= 15 is 0 Å². The molecule has 0 unspecified atom stereocenters. The Bertz CT molecular complexity index is 419. The molecule has 2 rings (SSSR count). The van der Waals surface area contributed by atoms with E-state index in [1.807, 2.05) is 14.0 Å². The van der Waals surface area contributed by atoms with Crippen molar-refractivity contribution in [2.24, 2.45) is 7.05 Å². The zero-order valence-electron chi connectivity index (χ0n) is 12.3. The van der Waals surface area contributed by atoms with Crippen LogP contribution >= 0.6 is 0 Å². The molecule has 0 bridgehead atoms. The number of aryl methyl sites for hydroxylation is 2. The van der Waals surface area contributed by atoms with Gasteiger partial charge in [0.25, 0.3) is 0 Å². The lowest BCUT2D eigenvalue weighted by atomic mass is 10.2. The van der Waals surface area contributed by atoms with E-state index in [0.717, 1.165) is 49.9 Å². The fourth-order valence-corrected chi connectivity index (χ4v) is 2.49. The summed E-state index contributed by atoms with van der Waals surface area (Å²) in [4.78, 5) is 2.30. The van der Waals surface area contributed by atoms with Gasteiger partial charge in [-0.2, -0.15) is 5.10 Å². The van der Waals surface area contributed by atoms with Crippen LogP contribution in [0.3, 0.4) is 0 Å². The Morgan fingerprint density at radius 3 is 2.95 bits per heavy atom. The van der Waals surface area contributed by atoms with Crippen molar-refractivity contribution in [2.75, 3.05) is 40.4 Å². The van der Waals surface area contributed by atoms with E-state index in [4.69, 9.17) is 9.47 Å². The highest BCUT2D eigenvalue weighted by atomic mass is 16.5. The van der Waals surface area contributed by atoms with Gasteiger partial charge >= 0.3 is 0 Å². The first kappa shape index (κ1) is 14.3. The fraction of sp³-hybridized carbons (Fsp3) is 0.769. The number of hydrogen-bond donors (Lipinski definition) is 1. The quantitative estimate of drug-likeness (QED) is 0.824. The first-order valence-corrected chi connectivity index (χ1v) is 6.69. The number of aromatic nitrogens is 2. The van der Waals surface area contributed by atoms with Crippen LogP contribution in [0.2, 0.25) is 0 Å². The van der Waals surface area contributed by atoms with Gasteiger partial charge in [0.05, 0.1) is 31.1 Å². The van der Waals surface area contributed by atoms with Crippen molar-refractivity contribution in [2.45, 2.75) is 19.6 Å². The Morgan fingerprint density at radius 1 is 1.47 bits per heavy atom. The summed E-state index contributed by atoms with van der Waals surface area (Å²) in [5, 5.41) is 7.81. The van der Waals surface area contributed by atoms with Crippen LogP contribution in [0.25, 0.3) is 0 Å². The summed E-state index contributed by atoms with van der Waals surface area (Å²) in [5.41, 5.74) is 2.13. The van der Waals surface area contributed by atoms with Crippen molar-refractivity contribution >= 4 is 0 Å². The maximum atomic E-state index is 5.72. The molecule has 0 aromatic carbocycles. The van der Waals surface area contributed by atoms with Crippen molar-refractivity contribution in [1.82, 2.24) is 20.0 Å². The number of morpholine rings is 1. The largest absolute Gasteiger partial charge is 0.481 e. The third kappa shape index (κ3) is 3.46. The number of rotatable bonds is 5. The molecule has 1 aromatic rings. The average Bonchev–Trinajstić information content (AvgIpc) is 2.64. The van der Waals surface area contributed by atoms with Crippen molar-refractivity contribution in [1.29, 1.82) is 0 Å². The molecule has 1 atom stereocenters. The lowest BCUT2D eigenvalue weighted by molar-refractivity contribution is -0.0182. The Labute approximate surface area is 114 Å². The molecule has 0 saturated carbocycles. The van der Waals surface area contributed by atoms with Crippen molar-refractivity contribution < 1.29 is 9.47 Å². The zero-order chi connectivity index (χ0) is 13.8. The van der Waals surface area contributed by atoms with E-state index in [0.29, 0.717) is 0 Å². The highest BCUT2D eigenvalue weighted by Gasteiger charge is 2.18. The molecule has 6 nitrogen and oxygen atoms in total. The first-order valence-electron chi connectivity index (χ1n) is 6.69. The predicted octanol–water partition coefficient (Wildman–Crippen LogP) is 0.157. The van der Waals surface area contributed by atoms with Gasteiger partial charge < -0.3 is 19.7 Å². The summed E-state index contributed by atoms with van der Waals surface area (Å²) in [6.45, 7) is 6.43. The molecule has 6 heteroatoms. The number of nitrogens with one attached hydrogen (secondary N) is 1. The molecular weight excluding hydrogens is 244 g/mol. The first-order chi connectivity index (χ1) is 9.11. The monoisotopic (exact) mass is 268 g/mol. The molecule has 108 valence electrons. The molecule has 0 amide bonds. The van der Waals surface area contributed by atoms with Gasteiger partial charge in [-0.15, -0.1) is 0 Å². The molecular formula is C13H24N4O2. The van der Waals surface area contributed by atoms with Crippen LogP contribution in [-0.4, -0.2) is 61.2 Å². The number of nitrogens with zero attached hydrogens (tertiary/aromatic N) is 3. The van der Waals surface area contributed by atoms with E-state index in [2.05, 4.69) is 22.4 Å². The SMILES string of the molecule is COc1c(CNC[C@@H]2CN(C)CCO2)c(C)nn1C. The second-order valence-electron chi connectivity index (χ2n) is 5.08. The molecule has 0 spiro atoms. The molecule has 1 N–H and O–H groups in total. The molecule has 0 aliphatic carbocycles. The summed E-state index contributed by atoms with van der Waals surface area (Å²) in [7, 11) is 5.71. The normalized spacial score (nSPS) is 20.7. The highest BCUT2D eigenvalue weighted by molar-refractivity contribution is 5.30. The highest BCUT2D eigenvalue weighted by Crippen LogP contribution is 2.20. The summed E-state index contributed by atoms with van der Waals surface area (Å²) in [6.07, 6.45) is 0.265. The Morgan fingerprint density at radius 2 is 2.26 bits per heavy atom. The van der Waals surface area contributed by atoms with E-state index in [-0.39, 0.29) is 6.10 Å². The topological polar surface area (TPSA) is 51.6 Å². The molecule has 1 fully saturated rings. The standard InChI is InChI=1S/C13H24N4O2/c1-10-12(13(18-4)17(3)15-10)8-14-7-11-9-16(2)5-6-19-11/h11,14H,5-9H2,1-4H3/t11-/m1/s1. The molecule has 19 heavy (non-hydrogen) atoms. The second kappa shape index (κ2) is 6.36. The third-order valence-corrected chi connectivity index (χ3v) is 3.50. The maximum Gasteiger partial charge on any atom is 0.216 e. The van der Waals surface area contributed by atoms with Crippen molar-refractivity contribution in [3.8, 4) is 5.88 Å². The minimum absolute atomic E-state index is 0.265. The average molecular weight is 268 g/mol. The van der Waals surface area contributed by atoms with Crippen LogP contribution < -0.4 is 10.1 Å². The van der Waals surface area contributed by atoms with E-state index < -0.39 is 0 Å². The van der Waals surface area contributed by atoms with Gasteiger partial charge in [0.15, 0.2) is 0 Å². The zero-order valence-corrected chi connectivity index (χ0v) is 12.3. The van der Waals surface area contributed by atoms with Crippen molar-refractivity contribution in [3.05, 3.63) is 11.3 Å². The minimum atomic E-state index is 0.265. The number of methoxy groups -OCH3 is 1. The van der Waals surface area contributed by atoms with Gasteiger partial charge in [0, 0.05) is 33.2 Å². The van der Waals surface area contributed by atoms with Crippen molar-refractivity contribution in [3.63, 3.8) is 0 Å². The summed E-state index contributed by atoms with van der Waals surface area (Å²) in [6, 6.07) is 0. The maximum absolute atomic E-state index is 5.72. The lowest BCUT2D eigenvalue weighted by Crippen LogP contribution is -2.44. The molecule has 2 heterocycles. The summed E-state index contributed by atoms with van der Waals surface area (Å²) >= 11 is 0. The van der Waals surface area contributed by atoms with Gasteiger partial charge in [0.2, 0.25) is 5.88 Å². The minimum Gasteiger partial charge on any atom is -0.481 e. The van der Waals surface area contributed by atoms with E-state index in [1.54, 1.807) is 11.8 Å². The van der Waals surface area contributed by atoms with Crippen LogP contribution in [0.1, 0.15) is 11.3 Å².